The fraction of sp³-hybridized carbons (Fsp3) is 0.308. The molecule has 0 N–H and O–H groups in total. The lowest BCUT2D eigenvalue weighted by Gasteiger charge is -2.34. The average molecular weight is 491 g/mol. The van der Waals surface area contributed by atoms with Crippen LogP contribution in [0.4, 0.5) is 0 Å². The standard InChI is InChI=1S/C13H12BrIN6S/c1-5-9(14)7(3)20-11(16-5)18-13-19-12-17-6(2)10(15)8(4)21(12)22(13)20/h1-4H3. The minimum atomic E-state index is -0.421. The monoisotopic (exact) mass is 490 g/mol. The van der Waals surface area contributed by atoms with Crippen molar-refractivity contribution in [1.29, 1.82) is 0 Å². The van der Waals surface area contributed by atoms with Gasteiger partial charge in [0.2, 0.25) is 17.0 Å². The molecular formula is C13H12BrIN6S. The summed E-state index contributed by atoms with van der Waals surface area (Å²) in [5, 5.41) is 0.783. The van der Waals surface area contributed by atoms with Crippen molar-refractivity contribution in [2.24, 2.45) is 20.0 Å². The summed E-state index contributed by atoms with van der Waals surface area (Å²) in [6.45, 7) is 8.18. The van der Waals surface area contributed by atoms with Crippen LogP contribution in [0.25, 0.3) is 0 Å². The molecule has 4 aliphatic rings. The van der Waals surface area contributed by atoms with Crippen molar-refractivity contribution in [2.45, 2.75) is 27.7 Å². The summed E-state index contributed by atoms with van der Waals surface area (Å²) in [4.78, 5) is 18.4. The first kappa shape index (κ1) is 14.8. The molecule has 0 saturated carbocycles. The third kappa shape index (κ3) is 1.81. The highest BCUT2D eigenvalue weighted by molar-refractivity contribution is 14.1. The molecular weight excluding hydrogens is 479 g/mol. The number of hydrogen-bond donors (Lipinski definition) is 0. The van der Waals surface area contributed by atoms with Crippen LogP contribution in [0.3, 0.4) is 0 Å². The molecule has 0 bridgehead atoms. The van der Waals surface area contributed by atoms with Crippen molar-refractivity contribution in [2.75, 3.05) is 0 Å². The van der Waals surface area contributed by atoms with E-state index in [1.807, 2.05) is 13.8 Å². The van der Waals surface area contributed by atoms with Gasteiger partial charge in [0, 0.05) is 11.4 Å². The van der Waals surface area contributed by atoms with E-state index in [1.165, 1.54) is 0 Å². The molecule has 0 radical (unpaired) electrons. The number of guanidine groups is 2. The molecule has 4 aliphatic heterocycles. The van der Waals surface area contributed by atoms with Gasteiger partial charge in [0.15, 0.2) is 0 Å². The Kier molecular flexibility index (Phi) is 3.25. The molecule has 1 atom stereocenters. The van der Waals surface area contributed by atoms with Crippen molar-refractivity contribution in [3.63, 3.8) is 0 Å². The number of aliphatic imine (C=N–C) groups is 4. The van der Waals surface area contributed by atoms with Crippen molar-refractivity contribution < 1.29 is 0 Å². The van der Waals surface area contributed by atoms with Crippen LogP contribution in [0.15, 0.2) is 39.4 Å². The first-order valence-electron chi connectivity index (χ1n) is 6.63. The summed E-state index contributed by atoms with van der Waals surface area (Å²) in [5.41, 5.74) is 4.21. The van der Waals surface area contributed by atoms with E-state index < -0.39 is 10.9 Å². The van der Waals surface area contributed by atoms with Crippen LogP contribution in [-0.4, -0.2) is 37.1 Å². The summed E-state index contributed by atoms with van der Waals surface area (Å²) in [6, 6.07) is 0. The van der Waals surface area contributed by atoms with Gasteiger partial charge in [-0.3, -0.25) is 0 Å². The van der Waals surface area contributed by atoms with E-state index in [-0.39, 0.29) is 0 Å². The predicted molar refractivity (Wildman–Crippen MR) is 106 cm³/mol. The number of fused-ring (bicyclic) bond motifs is 4. The minimum absolute atomic E-state index is 0.421. The quantitative estimate of drug-likeness (QED) is 0.383. The Labute approximate surface area is 153 Å². The van der Waals surface area contributed by atoms with Crippen LogP contribution >= 0.6 is 49.4 Å². The number of rotatable bonds is 0. The first-order valence-corrected chi connectivity index (χ1v) is 9.64. The van der Waals surface area contributed by atoms with Crippen molar-refractivity contribution in [3.8, 4) is 0 Å². The van der Waals surface area contributed by atoms with Gasteiger partial charge in [-0.15, -0.1) is 0 Å². The molecule has 4 heterocycles. The van der Waals surface area contributed by atoms with E-state index in [4.69, 9.17) is 0 Å². The molecule has 0 spiro atoms. The van der Waals surface area contributed by atoms with Crippen LogP contribution in [-0.2, 0) is 0 Å². The van der Waals surface area contributed by atoms with Gasteiger partial charge in [-0.25, -0.2) is 18.6 Å². The highest BCUT2D eigenvalue weighted by Gasteiger charge is 2.42. The number of hydrogen-bond acceptors (Lipinski definition) is 6. The summed E-state index contributed by atoms with van der Waals surface area (Å²) in [6.07, 6.45) is 0. The number of nitrogens with zero attached hydrogens (tertiary/aromatic N) is 6. The van der Waals surface area contributed by atoms with E-state index >= 15 is 0 Å². The van der Waals surface area contributed by atoms with E-state index in [0.29, 0.717) is 5.96 Å². The van der Waals surface area contributed by atoms with Gasteiger partial charge in [0.1, 0.15) is 0 Å². The fourth-order valence-corrected chi connectivity index (χ4v) is 5.47. The molecule has 0 saturated heterocycles. The largest absolute Gasteiger partial charge is 0.243 e. The SMILES string of the molecule is CC1=NC2=NC3=S(N2C(C)=C1Br)N1C(=N3)N=C(C)C(I)=C1C. The molecule has 0 aromatic heterocycles. The van der Waals surface area contributed by atoms with Crippen LogP contribution in [0, 0.1) is 0 Å². The molecule has 0 aliphatic carbocycles. The van der Waals surface area contributed by atoms with Crippen LogP contribution in [0.2, 0.25) is 0 Å². The maximum Gasteiger partial charge on any atom is 0.243 e. The van der Waals surface area contributed by atoms with Crippen LogP contribution < -0.4 is 0 Å². The summed E-state index contributed by atoms with van der Waals surface area (Å²) >= 11 is 5.97. The summed E-state index contributed by atoms with van der Waals surface area (Å²) in [7, 11) is -0.421. The Bertz CT molecular complexity index is 792. The van der Waals surface area contributed by atoms with E-state index in [0.717, 1.165) is 42.0 Å². The van der Waals surface area contributed by atoms with Crippen LogP contribution in [0.1, 0.15) is 27.7 Å². The Morgan fingerprint density at radius 2 is 1.41 bits per heavy atom. The molecule has 4 rings (SSSR count). The van der Waals surface area contributed by atoms with Gasteiger partial charge in [0.05, 0.1) is 30.3 Å². The lowest BCUT2D eigenvalue weighted by atomic mass is 10.3. The zero-order valence-electron chi connectivity index (χ0n) is 12.3. The topological polar surface area (TPSA) is 55.9 Å². The summed E-state index contributed by atoms with van der Waals surface area (Å²) in [5.74, 6) is 1.44. The van der Waals surface area contributed by atoms with Gasteiger partial charge >= 0.3 is 0 Å². The highest BCUT2D eigenvalue weighted by Crippen LogP contribution is 2.47. The molecule has 114 valence electrons. The zero-order chi connectivity index (χ0) is 15.8. The minimum Gasteiger partial charge on any atom is -0.241 e. The maximum absolute atomic E-state index is 4.63. The highest BCUT2D eigenvalue weighted by atomic mass is 127. The Balaban J connectivity index is 1.88. The smallest absolute Gasteiger partial charge is 0.241 e. The van der Waals surface area contributed by atoms with Gasteiger partial charge in [-0.2, -0.15) is 9.98 Å². The molecule has 0 fully saturated rings. The lowest BCUT2D eigenvalue weighted by molar-refractivity contribution is 0.737. The molecule has 0 aromatic rings. The Morgan fingerprint density at radius 1 is 0.864 bits per heavy atom. The van der Waals surface area contributed by atoms with E-state index in [1.54, 1.807) is 0 Å². The van der Waals surface area contributed by atoms with Gasteiger partial charge in [-0.05, 0) is 66.2 Å². The van der Waals surface area contributed by atoms with Gasteiger partial charge < -0.3 is 0 Å². The second kappa shape index (κ2) is 4.84. The van der Waals surface area contributed by atoms with Gasteiger partial charge in [-0.1, -0.05) is 0 Å². The Hall–Kier alpha value is -0.810. The van der Waals surface area contributed by atoms with Gasteiger partial charge in [0.25, 0.3) is 0 Å². The molecule has 6 nitrogen and oxygen atoms in total. The number of allylic oxidation sites excluding steroid dienone is 4. The van der Waals surface area contributed by atoms with Crippen LogP contribution in [0.5, 0.6) is 0 Å². The van der Waals surface area contributed by atoms with Crippen molar-refractivity contribution in [3.05, 3.63) is 19.5 Å². The predicted octanol–water partition coefficient (Wildman–Crippen LogP) is 3.76. The second-order valence-corrected chi connectivity index (χ2v) is 8.65. The normalized spacial score (nSPS) is 26.6. The molecule has 1 unspecified atom stereocenters. The average Bonchev–Trinajstić information content (AvgIpc) is 2.97. The second-order valence-electron chi connectivity index (χ2n) is 5.15. The maximum atomic E-state index is 4.63. The third-order valence-corrected chi connectivity index (χ3v) is 8.46. The Morgan fingerprint density at radius 3 is 2.05 bits per heavy atom. The fourth-order valence-electron chi connectivity index (χ4n) is 2.57. The van der Waals surface area contributed by atoms with E-state index in [9.17, 15) is 0 Å². The zero-order valence-corrected chi connectivity index (χ0v) is 16.9. The number of halogens is 2. The molecule has 0 amide bonds. The molecule has 9 heteroatoms. The van der Waals surface area contributed by atoms with Crippen molar-refractivity contribution >= 4 is 77.8 Å². The molecule has 0 aromatic carbocycles. The molecule has 22 heavy (non-hydrogen) atoms. The first-order chi connectivity index (χ1) is 10.4. The lowest BCUT2D eigenvalue weighted by Crippen LogP contribution is -2.34. The third-order valence-electron chi connectivity index (χ3n) is 3.68. The summed E-state index contributed by atoms with van der Waals surface area (Å²) < 4.78 is 6.49. The van der Waals surface area contributed by atoms with Crippen molar-refractivity contribution in [1.82, 2.24) is 8.61 Å². The van der Waals surface area contributed by atoms with E-state index in [2.05, 4.69) is 80.9 Å².